The van der Waals surface area contributed by atoms with Gasteiger partial charge < -0.3 is 4.74 Å². The van der Waals surface area contributed by atoms with Gasteiger partial charge in [-0.05, 0) is 18.6 Å². The molecule has 0 spiro atoms. The monoisotopic (exact) mass is 244 g/mol. The average molecular weight is 244 g/mol. The summed E-state index contributed by atoms with van der Waals surface area (Å²) in [6.07, 6.45) is 4.01. The van der Waals surface area contributed by atoms with Gasteiger partial charge in [0.25, 0.3) is 0 Å². The molecule has 0 radical (unpaired) electrons. The number of aryl methyl sites for hydroxylation is 1. The summed E-state index contributed by atoms with van der Waals surface area (Å²) in [6, 6.07) is 8.01. The molecule has 0 N–H and O–H groups in total. The van der Waals surface area contributed by atoms with E-state index in [9.17, 15) is 0 Å². The summed E-state index contributed by atoms with van der Waals surface area (Å²) in [4.78, 5) is 5.48. The topological polar surface area (TPSA) is 26.5 Å². The Morgan fingerprint density at radius 1 is 1.35 bits per heavy atom. The first-order chi connectivity index (χ1) is 8.33. The molecular formula is C13H12N2OS. The van der Waals surface area contributed by atoms with E-state index in [0.29, 0.717) is 6.61 Å². The van der Waals surface area contributed by atoms with Gasteiger partial charge in [0.05, 0.1) is 5.69 Å². The Labute approximate surface area is 103 Å². The van der Waals surface area contributed by atoms with E-state index in [1.54, 1.807) is 11.3 Å². The summed E-state index contributed by atoms with van der Waals surface area (Å²) < 4.78 is 7.77. The van der Waals surface area contributed by atoms with Gasteiger partial charge in [-0.3, -0.25) is 4.40 Å². The number of nitrogens with zero attached hydrogens (tertiary/aromatic N) is 2. The molecular weight excluding hydrogens is 232 g/mol. The molecule has 2 aromatic heterocycles. The molecule has 0 aliphatic carbocycles. The lowest BCUT2D eigenvalue weighted by atomic mass is 10.2. The van der Waals surface area contributed by atoms with Crippen molar-refractivity contribution in [3.8, 4) is 5.75 Å². The van der Waals surface area contributed by atoms with E-state index in [0.717, 1.165) is 22.0 Å². The molecule has 2 heterocycles. The summed E-state index contributed by atoms with van der Waals surface area (Å²) in [5.41, 5.74) is 2.11. The first-order valence-corrected chi connectivity index (χ1v) is 6.30. The molecule has 0 aliphatic rings. The van der Waals surface area contributed by atoms with Crippen molar-refractivity contribution in [2.75, 3.05) is 0 Å². The Morgan fingerprint density at radius 2 is 2.24 bits per heavy atom. The maximum Gasteiger partial charge on any atom is 0.193 e. The molecule has 0 saturated carbocycles. The Balaban J connectivity index is 1.76. The number of benzene rings is 1. The molecule has 3 rings (SSSR count). The van der Waals surface area contributed by atoms with Crippen molar-refractivity contribution < 1.29 is 4.74 Å². The van der Waals surface area contributed by atoms with Crippen molar-refractivity contribution in [3.05, 3.63) is 53.3 Å². The van der Waals surface area contributed by atoms with Crippen LogP contribution in [0.2, 0.25) is 0 Å². The smallest absolute Gasteiger partial charge is 0.193 e. The van der Waals surface area contributed by atoms with Gasteiger partial charge in [-0.2, -0.15) is 0 Å². The highest BCUT2D eigenvalue weighted by Gasteiger charge is 2.04. The van der Waals surface area contributed by atoms with Crippen LogP contribution in [-0.4, -0.2) is 9.38 Å². The highest BCUT2D eigenvalue weighted by atomic mass is 32.1. The minimum Gasteiger partial charge on any atom is -0.487 e. The average Bonchev–Trinajstić information content (AvgIpc) is 2.88. The van der Waals surface area contributed by atoms with Gasteiger partial charge >= 0.3 is 0 Å². The minimum atomic E-state index is 0.513. The van der Waals surface area contributed by atoms with E-state index < -0.39 is 0 Å². The summed E-state index contributed by atoms with van der Waals surface area (Å²) in [5, 5.41) is 2.02. The number of imidazole rings is 1. The number of para-hydroxylation sites is 1. The zero-order valence-corrected chi connectivity index (χ0v) is 10.3. The largest absolute Gasteiger partial charge is 0.487 e. The first kappa shape index (κ1) is 10.4. The Kier molecular flexibility index (Phi) is 2.57. The van der Waals surface area contributed by atoms with Gasteiger partial charge in [0.1, 0.15) is 12.4 Å². The first-order valence-electron chi connectivity index (χ1n) is 5.42. The van der Waals surface area contributed by atoms with E-state index in [4.69, 9.17) is 4.74 Å². The zero-order chi connectivity index (χ0) is 11.7. The molecule has 3 nitrogen and oxygen atoms in total. The van der Waals surface area contributed by atoms with E-state index in [2.05, 4.69) is 4.98 Å². The van der Waals surface area contributed by atoms with E-state index in [1.165, 1.54) is 0 Å². The van der Waals surface area contributed by atoms with Crippen molar-refractivity contribution in [1.82, 2.24) is 9.38 Å². The number of aromatic nitrogens is 2. The van der Waals surface area contributed by atoms with E-state index >= 15 is 0 Å². The lowest BCUT2D eigenvalue weighted by Gasteiger charge is -2.06. The Bertz CT molecular complexity index is 613. The standard InChI is InChI=1S/C13H12N2OS/c1-10-4-2-3-5-12(10)16-9-11-8-15-6-7-17-13(15)14-11/h2-8H,9H2,1H3. The molecule has 3 aromatic rings. The number of hydrogen-bond donors (Lipinski definition) is 0. The zero-order valence-electron chi connectivity index (χ0n) is 9.46. The third-order valence-corrected chi connectivity index (χ3v) is 3.38. The van der Waals surface area contributed by atoms with Gasteiger partial charge in [-0.25, -0.2) is 4.98 Å². The molecule has 0 saturated heterocycles. The van der Waals surface area contributed by atoms with Crippen LogP contribution in [0.1, 0.15) is 11.3 Å². The van der Waals surface area contributed by atoms with Crippen LogP contribution in [0.15, 0.2) is 42.0 Å². The minimum absolute atomic E-state index is 0.513. The Morgan fingerprint density at radius 3 is 3.06 bits per heavy atom. The molecule has 0 bridgehead atoms. The predicted octanol–water partition coefficient (Wildman–Crippen LogP) is 3.28. The molecule has 0 unspecified atom stereocenters. The van der Waals surface area contributed by atoms with Crippen molar-refractivity contribution >= 4 is 16.3 Å². The molecule has 0 atom stereocenters. The van der Waals surface area contributed by atoms with E-state index in [-0.39, 0.29) is 0 Å². The molecule has 17 heavy (non-hydrogen) atoms. The second-order valence-electron chi connectivity index (χ2n) is 3.88. The molecule has 1 aromatic carbocycles. The van der Waals surface area contributed by atoms with Gasteiger partial charge in [-0.15, -0.1) is 11.3 Å². The predicted molar refractivity (Wildman–Crippen MR) is 68.6 cm³/mol. The van der Waals surface area contributed by atoms with Gasteiger partial charge in [0, 0.05) is 17.8 Å². The third-order valence-electron chi connectivity index (χ3n) is 2.61. The van der Waals surface area contributed by atoms with Crippen LogP contribution in [0.25, 0.3) is 4.96 Å². The number of thiazole rings is 1. The number of fused-ring (bicyclic) bond motifs is 1. The molecule has 0 amide bonds. The number of rotatable bonds is 3. The van der Waals surface area contributed by atoms with Gasteiger partial charge in [0.15, 0.2) is 4.96 Å². The van der Waals surface area contributed by atoms with Crippen molar-refractivity contribution in [1.29, 1.82) is 0 Å². The highest BCUT2D eigenvalue weighted by molar-refractivity contribution is 7.15. The van der Waals surface area contributed by atoms with Crippen molar-refractivity contribution in [2.45, 2.75) is 13.5 Å². The summed E-state index contributed by atoms with van der Waals surface area (Å²) in [5.74, 6) is 0.920. The maximum absolute atomic E-state index is 5.75. The fourth-order valence-electron chi connectivity index (χ4n) is 1.72. The normalized spacial score (nSPS) is 10.9. The van der Waals surface area contributed by atoms with Crippen molar-refractivity contribution in [2.24, 2.45) is 0 Å². The molecule has 86 valence electrons. The molecule has 4 heteroatoms. The second-order valence-corrected chi connectivity index (χ2v) is 4.75. The summed E-state index contributed by atoms with van der Waals surface area (Å²) in [7, 11) is 0. The maximum atomic E-state index is 5.75. The quantitative estimate of drug-likeness (QED) is 0.706. The van der Waals surface area contributed by atoms with Crippen LogP contribution in [0.4, 0.5) is 0 Å². The second kappa shape index (κ2) is 4.22. The van der Waals surface area contributed by atoms with Crippen LogP contribution in [0, 0.1) is 6.92 Å². The van der Waals surface area contributed by atoms with Crippen LogP contribution in [0.5, 0.6) is 5.75 Å². The van der Waals surface area contributed by atoms with E-state index in [1.807, 2.05) is 53.4 Å². The molecule has 0 fully saturated rings. The van der Waals surface area contributed by atoms with Crippen LogP contribution >= 0.6 is 11.3 Å². The number of ether oxygens (including phenoxy) is 1. The van der Waals surface area contributed by atoms with Crippen LogP contribution < -0.4 is 4.74 Å². The summed E-state index contributed by atoms with van der Waals surface area (Å²) in [6.45, 7) is 2.56. The van der Waals surface area contributed by atoms with Crippen LogP contribution in [0.3, 0.4) is 0 Å². The lowest BCUT2D eigenvalue weighted by molar-refractivity contribution is 0.300. The third kappa shape index (κ3) is 2.03. The van der Waals surface area contributed by atoms with Crippen LogP contribution in [-0.2, 0) is 6.61 Å². The summed E-state index contributed by atoms with van der Waals surface area (Å²) >= 11 is 1.63. The Hall–Kier alpha value is -1.81. The van der Waals surface area contributed by atoms with Crippen molar-refractivity contribution in [3.63, 3.8) is 0 Å². The fraction of sp³-hybridized carbons (Fsp3) is 0.154. The number of hydrogen-bond acceptors (Lipinski definition) is 3. The van der Waals surface area contributed by atoms with Gasteiger partial charge in [-0.1, -0.05) is 18.2 Å². The fourth-order valence-corrected chi connectivity index (χ4v) is 2.43. The lowest BCUT2D eigenvalue weighted by Crippen LogP contribution is -1.96. The SMILES string of the molecule is Cc1ccccc1OCc1cn2ccsc2n1. The molecule has 0 aliphatic heterocycles. The van der Waals surface area contributed by atoms with Gasteiger partial charge in [0.2, 0.25) is 0 Å². The highest BCUT2D eigenvalue weighted by Crippen LogP contribution is 2.18.